The molecule has 0 atom stereocenters. The average Bonchev–Trinajstić information content (AvgIpc) is 2.94. The molecule has 0 unspecified atom stereocenters. The molecular weight excluding hydrogens is 540 g/mol. The van der Waals surface area contributed by atoms with Gasteiger partial charge in [0.2, 0.25) is 0 Å². The molecule has 0 N–H and O–H groups in total. The quantitative estimate of drug-likeness (QED) is 0.193. The highest BCUT2D eigenvalue weighted by molar-refractivity contribution is 6.05. The van der Waals surface area contributed by atoms with Crippen LogP contribution in [0, 0.1) is 55.4 Å². The van der Waals surface area contributed by atoms with Crippen LogP contribution in [0.2, 0.25) is 0 Å². The van der Waals surface area contributed by atoms with E-state index in [4.69, 9.17) is 0 Å². The van der Waals surface area contributed by atoms with E-state index in [-0.39, 0.29) is 10.9 Å². The summed E-state index contributed by atoms with van der Waals surface area (Å²) in [5.74, 6) is 0. The summed E-state index contributed by atoms with van der Waals surface area (Å²) in [7, 11) is 0. The van der Waals surface area contributed by atoms with Crippen molar-refractivity contribution in [2.45, 2.75) is 55.4 Å². The zero-order valence-electron chi connectivity index (χ0n) is 26.6. The van der Waals surface area contributed by atoms with Crippen LogP contribution in [0.25, 0.3) is 55.0 Å². The maximum absolute atomic E-state index is 14.4. The van der Waals surface area contributed by atoms with Crippen molar-refractivity contribution in [2.24, 2.45) is 0 Å². The minimum Gasteiger partial charge on any atom is -0.308 e. The first kappa shape index (κ1) is 27.8. The third kappa shape index (κ3) is 4.05. The smallest absolute Gasteiger partial charge is 0.197 e. The predicted octanol–water partition coefficient (Wildman–Crippen LogP) is 9.07. The number of aryl methyl sites for hydroxylation is 8. The fourth-order valence-corrected chi connectivity index (χ4v) is 7.43. The van der Waals surface area contributed by atoms with Gasteiger partial charge in [0, 0.05) is 21.5 Å². The first-order chi connectivity index (χ1) is 20.9. The molecule has 0 spiro atoms. The molecule has 0 saturated heterocycles. The van der Waals surface area contributed by atoms with Gasteiger partial charge in [0.15, 0.2) is 10.9 Å². The lowest BCUT2D eigenvalue weighted by Crippen LogP contribution is -2.16. The van der Waals surface area contributed by atoms with Gasteiger partial charge in [-0.3, -0.25) is 9.59 Å². The summed E-state index contributed by atoms with van der Waals surface area (Å²) in [5.41, 5.74) is 14.2. The van der Waals surface area contributed by atoms with Crippen molar-refractivity contribution >= 4 is 43.6 Å². The molecule has 7 aromatic rings. The van der Waals surface area contributed by atoms with Gasteiger partial charge in [-0.25, -0.2) is 0 Å². The molecule has 0 aliphatic heterocycles. The van der Waals surface area contributed by atoms with Gasteiger partial charge in [-0.05, 0) is 125 Å². The molecule has 0 aliphatic rings. The van der Waals surface area contributed by atoms with Gasteiger partial charge in [0.25, 0.3) is 0 Å². The standard InChI is InChI=1S/C40H36N2O2/c1-21-9-11-29-33(17-21)41(37-25(5)13-23(3)14-26(37)6)35-19-32-36(20-31(35)39(29)43)42(38-27(7)15-24(4)16-28(38)8)34-18-22(2)10-12-30(34)40(32)44/h9-20H,1-8H3. The highest BCUT2D eigenvalue weighted by atomic mass is 16.1. The molecular formula is C40H36N2O2. The largest absolute Gasteiger partial charge is 0.308 e. The van der Waals surface area contributed by atoms with Crippen LogP contribution in [0.15, 0.2) is 82.4 Å². The fourth-order valence-electron chi connectivity index (χ4n) is 7.43. The Bertz CT molecular complexity index is 2290. The van der Waals surface area contributed by atoms with Crippen LogP contribution >= 0.6 is 0 Å². The van der Waals surface area contributed by atoms with Crippen molar-refractivity contribution < 1.29 is 0 Å². The Labute approximate surface area is 256 Å². The molecule has 0 aliphatic carbocycles. The first-order valence-electron chi connectivity index (χ1n) is 15.2. The number of hydrogen-bond donors (Lipinski definition) is 0. The van der Waals surface area contributed by atoms with E-state index >= 15 is 0 Å². The number of fused-ring (bicyclic) bond motifs is 4. The Morgan fingerprint density at radius 2 is 0.682 bits per heavy atom. The second-order valence-electron chi connectivity index (χ2n) is 12.8. The Hall–Kier alpha value is -4.96. The number of pyridine rings is 2. The fraction of sp³-hybridized carbons (Fsp3) is 0.200. The molecule has 4 nitrogen and oxygen atoms in total. The van der Waals surface area contributed by atoms with E-state index in [9.17, 15) is 9.59 Å². The summed E-state index contributed by atoms with van der Waals surface area (Å²) < 4.78 is 4.40. The van der Waals surface area contributed by atoms with Crippen molar-refractivity contribution in [3.63, 3.8) is 0 Å². The lowest BCUT2D eigenvalue weighted by Gasteiger charge is -2.23. The third-order valence-electron chi connectivity index (χ3n) is 9.08. The van der Waals surface area contributed by atoms with Gasteiger partial charge in [0.1, 0.15) is 0 Å². The molecule has 4 heteroatoms. The molecule has 0 fully saturated rings. The highest BCUT2D eigenvalue weighted by Gasteiger charge is 2.21. The van der Waals surface area contributed by atoms with E-state index in [0.29, 0.717) is 21.5 Å². The van der Waals surface area contributed by atoms with E-state index in [2.05, 4.69) is 87.1 Å². The molecule has 44 heavy (non-hydrogen) atoms. The van der Waals surface area contributed by atoms with Crippen LogP contribution in [0.1, 0.15) is 44.5 Å². The van der Waals surface area contributed by atoms with E-state index < -0.39 is 0 Å². The molecule has 0 amide bonds. The van der Waals surface area contributed by atoms with Crippen molar-refractivity contribution in [1.29, 1.82) is 0 Å². The van der Waals surface area contributed by atoms with Gasteiger partial charge in [-0.2, -0.15) is 0 Å². The van der Waals surface area contributed by atoms with Crippen LogP contribution in [0.4, 0.5) is 0 Å². The Morgan fingerprint density at radius 3 is 1.02 bits per heavy atom. The van der Waals surface area contributed by atoms with Crippen LogP contribution in [0.5, 0.6) is 0 Å². The summed E-state index contributed by atoms with van der Waals surface area (Å²) in [5, 5.41) is 2.51. The molecule has 7 rings (SSSR count). The maximum atomic E-state index is 14.4. The molecule has 0 radical (unpaired) electrons. The number of hydrogen-bond acceptors (Lipinski definition) is 2. The Kier molecular flexibility index (Phi) is 6.19. The van der Waals surface area contributed by atoms with E-state index in [1.54, 1.807) is 0 Å². The number of rotatable bonds is 2. The lowest BCUT2D eigenvalue weighted by molar-refractivity contribution is 1.09. The highest BCUT2D eigenvalue weighted by Crippen LogP contribution is 2.34. The minimum absolute atomic E-state index is 0.0312. The molecule has 5 aromatic carbocycles. The summed E-state index contributed by atoms with van der Waals surface area (Å²) in [6.07, 6.45) is 0. The zero-order valence-corrected chi connectivity index (χ0v) is 26.6. The molecule has 2 aromatic heterocycles. The monoisotopic (exact) mass is 576 g/mol. The van der Waals surface area contributed by atoms with Gasteiger partial charge in [-0.1, -0.05) is 47.5 Å². The van der Waals surface area contributed by atoms with Crippen molar-refractivity contribution in [3.8, 4) is 11.4 Å². The number of benzene rings is 5. The maximum Gasteiger partial charge on any atom is 0.197 e. The van der Waals surface area contributed by atoms with Crippen LogP contribution in [-0.2, 0) is 0 Å². The molecule has 0 bridgehead atoms. The second-order valence-corrected chi connectivity index (χ2v) is 12.8. The number of aromatic nitrogens is 2. The number of nitrogens with zero attached hydrogens (tertiary/aromatic N) is 2. The van der Waals surface area contributed by atoms with Gasteiger partial charge < -0.3 is 9.13 Å². The third-order valence-corrected chi connectivity index (χ3v) is 9.08. The average molecular weight is 577 g/mol. The van der Waals surface area contributed by atoms with Gasteiger partial charge in [-0.15, -0.1) is 0 Å². The van der Waals surface area contributed by atoms with Crippen molar-refractivity contribution in [3.05, 3.63) is 138 Å². The van der Waals surface area contributed by atoms with E-state index in [0.717, 1.165) is 66.8 Å². The zero-order chi connectivity index (χ0) is 31.2. The summed E-state index contributed by atoms with van der Waals surface area (Å²) >= 11 is 0. The molecule has 218 valence electrons. The van der Waals surface area contributed by atoms with Crippen LogP contribution in [0.3, 0.4) is 0 Å². The van der Waals surface area contributed by atoms with Crippen LogP contribution in [-0.4, -0.2) is 9.13 Å². The van der Waals surface area contributed by atoms with E-state index in [1.165, 1.54) is 11.1 Å². The SMILES string of the molecule is Cc1cc(C)c(-n2c3cc(C)ccc3c(=O)c3cc4c(cc32)c(=O)c2ccc(C)cc2n4-c2c(C)cc(C)cc2C)c(C)c1. The molecule has 0 saturated carbocycles. The lowest BCUT2D eigenvalue weighted by atomic mass is 9.99. The van der Waals surface area contributed by atoms with Crippen LogP contribution < -0.4 is 10.9 Å². The van der Waals surface area contributed by atoms with E-state index in [1.807, 2.05) is 50.2 Å². The van der Waals surface area contributed by atoms with Crippen molar-refractivity contribution in [1.82, 2.24) is 9.13 Å². The summed E-state index contributed by atoms with van der Waals surface area (Å²) in [4.78, 5) is 28.8. The molecule has 2 heterocycles. The second kappa shape index (κ2) is 9.78. The first-order valence-corrected chi connectivity index (χ1v) is 15.2. The topological polar surface area (TPSA) is 44.0 Å². The minimum atomic E-state index is -0.0312. The Balaban J connectivity index is 1.79. The Morgan fingerprint density at radius 1 is 0.364 bits per heavy atom. The summed E-state index contributed by atoms with van der Waals surface area (Å²) in [6, 6.07) is 24.7. The van der Waals surface area contributed by atoms with Crippen molar-refractivity contribution in [2.75, 3.05) is 0 Å². The predicted molar refractivity (Wildman–Crippen MR) is 186 cm³/mol. The van der Waals surface area contributed by atoms with Gasteiger partial charge in [0.05, 0.1) is 33.4 Å². The van der Waals surface area contributed by atoms with Gasteiger partial charge >= 0.3 is 0 Å². The summed E-state index contributed by atoms with van der Waals surface area (Å²) in [6.45, 7) is 16.8. The normalized spacial score (nSPS) is 11.8.